The largest absolute Gasteiger partial charge is 0.493 e. The van der Waals surface area contributed by atoms with E-state index in [0.29, 0.717) is 23.5 Å². The number of amides is 1. The molecule has 0 saturated heterocycles. The quantitative estimate of drug-likeness (QED) is 0.492. The summed E-state index contributed by atoms with van der Waals surface area (Å²) in [6.07, 6.45) is 1.30. The lowest BCUT2D eigenvalue weighted by molar-refractivity contribution is -0.384. The number of nitro groups is 1. The number of para-hydroxylation sites is 1. The Morgan fingerprint density at radius 2 is 2.12 bits per heavy atom. The van der Waals surface area contributed by atoms with Gasteiger partial charge in [-0.25, -0.2) is 5.43 Å². The lowest BCUT2D eigenvalue weighted by atomic mass is 10.2. The van der Waals surface area contributed by atoms with Crippen LogP contribution in [0.3, 0.4) is 0 Å². The molecular formula is C16H14ClN3O4. The summed E-state index contributed by atoms with van der Waals surface area (Å²) in [7, 11) is 0. The summed E-state index contributed by atoms with van der Waals surface area (Å²) in [6.45, 7) is 2.25. The highest BCUT2D eigenvalue weighted by molar-refractivity contribution is 6.32. The molecule has 0 heterocycles. The van der Waals surface area contributed by atoms with E-state index in [2.05, 4.69) is 10.5 Å². The third-order valence-corrected chi connectivity index (χ3v) is 3.30. The molecule has 0 aliphatic rings. The van der Waals surface area contributed by atoms with Crippen LogP contribution in [0, 0.1) is 10.1 Å². The van der Waals surface area contributed by atoms with Crippen LogP contribution in [0.5, 0.6) is 5.75 Å². The maximum absolute atomic E-state index is 12.1. The Bertz CT molecular complexity index is 793. The molecule has 0 bridgehead atoms. The van der Waals surface area contributed by atoms with Crippen molar-refractivity contribution in [2.45, 2.75) is 6.92 Å². The molecule has 8 heteroatoms. The standard InChI is InChI=1S/C16H14ClN3O4/c1-2-24-15-6-4-3-5-12(15)16(21)19-18-10-11-7-8-13(17)14(9-11)20(22)23/h3-10H,2H2,1H3,(H,19,21)/b18-10+. The molecule has 1 amide bonds. The molecule has 0 saturated carbocycles. The van der Waals surface area contributed by atoms with Crippen LogP contribution in [0.1, 0.15) is 22.8 Å². The second-order valence-electron chi connectivity index (χ2n) is 4.60. The van der Waals surface area contributed by atoms with E-state index in [4.69, 9.17) is 16.3 Å². The Hall–Kier alpha value is -2.93. The van der Waals surface area contributed by atoms with Gasteiger partial charge >= 0.3 is 0 Å². The molecule has 0 unspecified atom stereocenters. The Morgan fingerprint density at radius 1 is 1.38 bits per heavy atom. The van der Waals surface area contributed by atoms with E-state index >= 15 is 0 Å². The van der Waals surface area contributed by atoms with Crippen molar-refractivity contribution in [3.8, 4) is 5.75 Å². The predicted octanol–water partition coefficient (Wildman–Crippen LogP) is 3.41. The number of carbonyl (C=O) groups is 1. The molecule has 2 aromatic rings. The van der Waals surface area contributed by atoms with Crippen molar-refractivity contribution >= 4 is 29.4 Å². The monoisotopic (exact) mass is 347 g/mol. The van der Waals surface area contributed by atoms with E-state index < -0.39 is 10.8 Å². The topological polar surface area (TPSA) is 93.8 Å². The lowest BCUT2D eigenvalue weighted by Gasteiger charge is -2.08. The zero-order valence-electron chi connectivity index (χ0n) is 12.7. The molecule has 124 valence electrons. The number of halogens is 1. The van der Waals surface area contributed by atoms with Gasteiger partial charge in [-0.2, -0.15) is 5.10 Å². The summed E-state index contributed by atoms with van der Waals surface area (Å²) in [6, 6.07) is 11.0. The zero-order valence-corrected chi connectivity index (χ0v) is 13.5. The molecule has 0 fully saturated rings. The summed E-state index contributed by atoms with van der Waals surface area (Å²) >= 11 is 5.73. The van der Waals surface area contributed by atoms with Crippen LogP contribution in [-0.4, -0.2) is 23.7 Å². The number of nitro benzene ring substituents is 1. The van der Waals surface area contributed by atoms with Crippen molar-refractivity contribution in [3.63, 3.8) is 0 Å². The smallest absolute Gasteiger partial charge is 0.288 e. The van der Waals surface area contributed by atoms with Crippen LogP contribution in [0.25, 0.3) is 0 Å². The van der Waals surface area contributed by atoms with Gasteiger partial charge in [0.1, 0.15) is 10.8 Å². The number of rotatable bonds is 6. The van der Waals surface area contributed by atoms with Gasteiger partial charge in [-0.3, -0.25) is 14.9 Å². The molecule has 0 atom stereocenters. The summed E-state index contributed by atoms with van der Waals surface area (Å²) < 4.78 is 5.38. The molecule has 0 spiro atoms. The van der Waals surface area contributed by atoms with Crippen LogP contribution in [0.15, 0.2) is 47.6 Å². The minimum Gasteiger partial charge on any atom is -0.493 e. The van der Waals surface area contributed by atoms with Crippen LogP contribution in [0.2, 0.25) is 5.02 Å². The van der Waals surface area contributed by atoms with Gasteiger partial charge in [-0.1, -0.05) is 29.8 Å². The van der Waals surface area contributed by atoms with Crippen molar-refractivity contribution in [1.29, 1.82) is 0 Å². The molecular weight excluding hydrogens is 334 g/mol. The molecule has 24 heavy (non-hydrogen) atoms. The second-order valence-corrected chi connectivity index (χ2v) is 5.00. The third kappa shape index (κ3) is 4.30. The maximum atomic E-state index is 12.1. The van der Waals surface area contributed by atoms with E-state index in [1.54, 1.807) is 30.3 Å². The summed E-state index contributed by atoms with van der Waals surface area (Å²) in [5.41, 5.74) is 2.91. The lowest BCUT2D eigenvalue weighted by Crippen LogP contribution is -2.18. The Kier molecular flexibility index (Phi) is 5.86. The molecule has 2 rings (SSSR count). The first-order valence-corrected chi connectivity index (χ1v) is 7.40. The Labute approximate surface area is 143 Å². The molecule has 7 nitrogen and oxygen atoms in total. The molecule has 0 radical (unpaired) electrons. The fourth-order valence-electron chi connectivity index (χ4n) is 1.91. The number of nitrogens with zero attached hydrogens (tertiary/aromatic N) is 2. The van der Waals surface area contributed by atoms with Crippen LogP contribution < -0.4 is 10.2 Å². The third-order valence-electron chi connectivity index (χ3n) is 2.98. The van der Waals surface area contributed by atoms with E-state index in [1.807, 2.05) is 6.92 Å². The summed E-state index contributed by atoms with van der Waals surface area (Å²) in [4.78, 5) is 22.4. The molecule has 0 aliphatic heterocycles. The van der Waals surface area contributed by atoms with Gasteiger partial charge in [0.15, 0.2) is 0 Å². The Balaban J connectivity index is 2.11. The highest BCUT2D eigenvalue weighted by Gasteiger charge is 2.13. The van der Waals surface area contributed by atoms with Gasteiger partial charge in [-0.05, 0) is 25.1 Å². The number of hydrazone groups is 1. The van der Waals surface area contributed by atoms with Crippen LogP contribution in [0.4, 0.5) is 5.69 Å². The summed E-state index contributed by atoms with van der Waals surface area (Å²) in [5.74, 6) is 0.00796. The van der Waals surface area contributed by atoms with Gasteiger partial charge in [0.2, 0.25) is 0 Å². The fourth-order valence-corrected chi connectivity index (χ4v) is 2.10. The van der Waals surface area contributed by atoms with Gasteiger partial charge < -0.3 is 4.74 Å². The number of nitrogens with one attached hydrogen (secondary N) is 1. The maximum Gasteiger partial charge on any atom is 0.288 e. The molecule has 1 N–H and O–H groups in total. The minimum atomic E-state index is -0.587. The Morgan fingerprint density at radius 3 is 2.83 bits per heavy atom. The number of benzene rings is 2. The van der Waals surface area contributed by atoms with Crippen molar-refractivity contribution in [2.75, 3.05) is 6.61 Å². The SMILES string of the molecule is CCOc1ccccc1C(=O)N/N=C/c1ccc(Cl)c([N+](=O)[O-])c1. The number of ether oxygens (including phenoxy) is 1. The van der Waals surface area contributed by atoms with Crippen LogP contribution in [-0.2, 0) is 0 Å². The first-order valence-electron chi connectivity index (χ1n) is 7.02. The number of hydrogen-bond donors (Lipinski definition) is 1. The van der Waals surface area contributed by atoms with Gasteiger partial charge in [-0.15, -0.1) is 0 Å². The first kappa shape index (κ1) is 17.4. The van der Waals surface area contributed by atoms with Crippen molar-refractivity contribution in [2.24, 2.45) is 5.10 Å². The first-order chi connectivity index (χ1) is 11.5. The van der Waals surface area contributed by atoms with Crippen molar-refractivity contribution in [3.05, 3.63) is 68.7 Å². The normalized spacial score (nSPS) is 10.6. The highest BCUT2D eigenvalue weighted by Crippen LogP contribution is 2.24. The molecule has 0 aliphatic carbocycles. The van der Waals surface area contributed by atoms with Gasteiger partial charge in [0.05, 0.1) is 23.3 Å². The zero-order chi connectivity index (χ0) is 17.5. The molecule has 0 aromatic heterocycles. The minimum absolute atomic E-state index is 0.0341. The summed E-state index contributed by atoms with van der Waals surface area (Å²) in [5, 5.41) is 14.7. The van der Waals surface area contributed by atoms with E-state index in [1.165, 1.54) is 18.3 Å². The fraction of sp³-hybridized carbons (Fsp3) is 0.125. The van der Waals surface area contributed by atoms with Crippen LogP contribution >= 0.6 is 11.6 Å². The highest BCUT2D eigenvalue weighted by atomic mass is 35.5. The average Bonchev–Trinajstić information content (AvgIpc) is 2.57. The predicted molar refractivity (Wildman–Crippen MR) is 90.8 cm³/mol. The average molecular weight is 348 g/mol. The number of hydrogen-bond acceptors (Lipinski definition) is 5. The molecule has 2 aromatic carbocycles. The second kappa shape index (κ2) is 8.07. The van der Waals surface area contributed by atoms with E-state index in [9.17, 15) is 14.9 Å². The van der Waals surface area contributed by atoms with E-state index in [0.717, 1.165) is 0 Å². The van der Waals surface area contributed by atoms with Crippen molar-refractivity contribution < 1.29 is 14.5 Å². The van der Waals surface area contributed by atoms with Gasteiger partial charge in [0, 0.05) is 11.6 Å². The number of carbonyl (C=O) groups excluding carboxylic acids is 1. The van der Waals surface area contributed by atoms with Gasteiger partial charge in [0.25, 0.3) is 11.6 Å². The van der Waals surface area contributed by atoms with E-state index in [-0.39, 0.29) is 10.7 Å². The van der Waals surface area contributed by atoms with Crippen molar-refractivity contribution in [1.82, 2.24) is 5.43 Å².